The van der Waals surface area contributed by atoms with Crippen molar-refractivity contribution in [2.24, 2.45) is 0 Å². The van der Waals surface area contributed by atoms with Crippen LogP contribution in [0, 0.1) is 0 Å². The van der Waals surface area contributed by atoms with Crippen LogP contribution in [0.5, 0.6) is 5.75 Å². The molecule has 0 radical (unpaired) electrons. The highest BCUT2D eigenvalue weighted by molar-refractivity contribution is 9.10. The van der Waals surface area contributed by atoms with Crippen molar-refractivity contribution in [1.29, 1.82) is 0 Å². The van der Waals surface area contributed by atoms with E-state index in [-0.39, 0.29) is 5.54 Å². The van der Waals surface area contributed by atoms with Gasteiger partial charge in [-0.2, -0.15) is 0 Å². The Kier molecular flexibility index (Phi) is 5.79. The van der Waals surface area contributed by atoms with E-state index in [2.05, 4.69) is 53.1 Å². The summed E-state index contributed by atoms with van der Waals surface area (Å²) in [5, 5.41) is 6.67. The number of nitrogens with one attached hydrogen (secondary N) is 1. The highest BCUT2D eigenvalue weighted by Crippen LogP contribution is 2.26. The highest BCUT2D eigenvalue weighted by atomic mass is 79.9. The SMILES string of the molecule is CCCOc1ccc(Br)cc1CNC(C)(C)c1nccs1. The molecule has 114 valence electrons. The standard InChI is InChI=1S/C16H21BrN2OS/c1-4-8-20-14-6-5-13(17)10-12(14)11-19-16(2,3)15-18-7-9-21-15/h5-7,9-10,19H,4,8,11H2,1-3H3. The Hall–Kier alpha value is -0.910. The van der Waals surface area contributed by atoms with E-state index >= 15 is 0 Å². The first-order valence-corrected chi connectivity index (χ1v) is 8.76. The average molecular weight is 369 g/mol. The van der Waals surface area contributed by atoms with Gasteiger partial charge in [-0.25, -0.2) is 4.98 Å². The molecule has 0 saturated heterocycles. The number of hydrogen-bond donors (Lipinski definition) is 1. The number of ether oxygens (including phenoxy) is 1. The van der Waals surface area contributed by atoms with E-state index < -0.39 is 0 Å². The Balaban J connectivity index is 2.10. The maximum absolute atomic E-state index is 5.82. The van der Waals surface area contributed by atoms with E-state index in [1.54, 1.807) is 11.3 Å². The van der Waals surface area contributed by atoms with E-state index in [9.17, 15) is 0 Å². The highest BCUT2D eigenvalue weighted by Gasteiger charge is 2.22. The lowest BCUT2D eigenvalue weighted by molar-refractivity contribution is 0.310. The molecule has 2 aromatic rings. The summed E-state index contributed by atoms with van der Waals surface area (Å²) >= 11 is 5.20. The molecule has 0 amide bonds. The fourth-order valence-electron chi connectivity index (χ4n) is 1.96. The Morgan fingerprint density at radius 2 is 2.19 bits per heavy atom. The van der Waals surface area contributed by atoms with Crippen LogP contribution in [-0.4, -0.2) is 11.6 Å². The van der Waals surface area contributed by atoms with Crippen LogP contribution < -0.4 is 10.1 Å². The summed E-state index contributed by atoms with van der Waals surface area (Å²) in [5.41, 5.74) is 1.00. The van der Waals surface area contributed by atoms with Crippen molar-refractivity contribution in [3.05, 3.63) is 44.8 Å². The smallest absolute Gasteiger partial charge is 0.123 e. The molecular weight excluding hydrogens is 348 g/mol. The first-order valence-electron chi connectivity index (χ1n) is 7.09. The number of rotatable bonds is 7. The van der Waals surface area contributed by atoms with Crippen molar-refractivity contribution >= 4 is 27.3 Å². The third-order valence-corrected chi connectivity index (χ3v) is 4.76. The lowest BCUT2D eigenvalue weighted by Crippen LogP contribution is -2.35. The van der Waals surface area contributed by atoms with Crippen molar-refractivity contribution in [2.45, 2.75) is 39.3 Å². The Morgan fingerprint density at radius 1 is 1.38 bits per heavy atom. The molecule has 3 nitrogen and oxygen atoms in total. The minimum atomic E-state index is -0.154. The number of aromatic nitrogens is 1. The predicted molar refractivity (Wildman–Crippen MR) is 91.9 cm³/mol. The van der Waals surface area contributed by atoms with Crippen molar-refractivity contribution in [2.75, 3.05) is 6.61 Å². The van der Waals surface area contributed by atoms with Gasteiger partial charge in [0.25, 0.3) is 0 Å². The zero-order valence-electron chi connectivity index (χ0n) is 12.6. The molecule has 0 unspecified atom stereocenters. The van der Waals surface area contributed by atoms with Crippen LogP contribution in [0.4, 0.5) is 0 Å². The molecule has 0 aliphatic carbocycles. The lowest BCUT2D eigenvalue weighted by Gasteiger charge is -2.24. The molecule has 21 heavy (non-hydrogen) atoms. The van der Waals surface area contributed by atoms with Gasteiger partial charge in [0.05, 0.1) is 12.1 Å². The van der Waals surface area contributed by atoms with Gasteiger partial charge in [-0.1, -0.05) is 22.9 Å². The van der Waals surface area contributed by atoms with E-state index in [1.165, 1.54) is 0 Å². The summed E-state index contributed by atoms with van der Waals surface area (Å²) in [5.74, 6) is 0.947. The maximum Gasteiger partial charge on any atom is 0.123 e. The van der Waals surface area contributed by atoms with Crippen LogP contribution in [0.1, 0.15) is 37.8 Å². The molecule has 1 aromatic carbocycles. The first kappa shape index (κ1) is 16.5. The molecule has 0 fully saturated rings. The minimum Gasteiger partial charge on any atom is -0.493 e. The molecule has 0 bridgehead atoms. The molecule has 1 heterocycles. The summed E-state index contributed by atoms with van der Waals surface area (Å²) in [6, 6.07) is 6.14. The fraction of sp³-hybridized carbons (Fsp3) is 0.438. The van der Waals surface area contributed by atoms with Crippen molar-refractivity contribution < 1.29 is 4.74 Å². The topological polar surface area (TPSA) is 34.1 Å². The Bertz CT molecular complexity index is 570. The van der Waals surface area contributed by atoms with Crippen molar-refractivity contribution in [1.82, 2.24) is 10.3 Å². The summed E-state index contributed by atoms with van der Waals surface area (Å²) in [6.07, 6.45) is 2.85. The second-order valence-electron chi connectivity index (χ2n) is 5.42. The number of nitrogens with zero attached hydrogens (tertiary/aromatic N) is 1. The molecular formula is C16H21BrN2OS. The van der Waals surface area contributed by atoms with Crippen LogP contribution in [0.3, 0.4) is 0 Å². The van der Waals surface area contributed by atoms with Gasteiger partial charge in [0, 0.05) is 28.2 Å². The van der Waals surface area contributed by atoms with Gasteiger partial charge in [-0.15, -0.1) is 11.3 Å². The molecule has 5 heteroatoms. The van der Waals surface area contributed by atoms with E-state index in [0.29, 0.717) is 0 Å². The average Bonchev–Trinajstić information content (AvgIpc) is 2.99. The van der Waals surface area contributed by atoms with Gasteiger partial charge in [0.2, 0.25) is 0 Å². The summed E-state index contributed by atoms with van der Waals surface area (Å²) < 4.78 is 6.89. The number of benzene rings is 1. The molecule has 1 N–H and O–H groups in total. The summed E-state index contributed by atoms with van der Waals surface area (Å²) in [4.78, 5) is 4.41. The largest absolute Gasteiger partial charge is 0.493 e. The number of halogens is 1. The first-order chi connectivity index (χ1) is 10.0. The van der Waals surface area contributed by atoms with Crippen LogP contribution >= 0.6 is 27.3 Å². The van der Waals surface area contributed by atoms with Gasteiger partial charge in [-0.3, -0.25) is 0 Å². The van der Waals surface area contributed by atoms with E-state index in [1.807, 2.05) is 23.7 Å². The normalized spacial score (nSPS) is 11.6. The third kappa shape index (κ3) is 4.53. The third-order valence-electron chi connectivity index (χ3n) is 3.17. The van der Waals surface area contributed by atoms with Crippen molar-refractivity contribution in [3.8, 4) is 5.75 Å². The van der Waals surface area contributed by atoms with E-state index in [4.69, 9.17) is 4.74 Å². The Morgan fingerprint density at radius 3 is 2.86 bits per heavy atom. The van der Waals surface area contributed by atoms with Gasteiger partial charge >= 0.3 is 0 Å². The molecule has 0 saturated carbocycles. The Labute approximate surface area is 138 Å². The van der Waals surface area contributed by atoms with Gasteiger partial charge < -0.3 is 10.1 Å². The second kappa shape index (κ2) is 7.38. The number of hydrogen-bond acceptors (Lipinski definition) is 4. The maximum atomic E-state index is 5.82. The fourth-order valence-corrected chi connectivity index (χ4v) is 3.11. The van der Waals surface area contributed by atoms with E-state index in [0.717, 1.165) is 40.4 Å². The van der Waals surface area contributed by atoms with Crippen LogP contribution in [0.15, 0.2) is 34.2 Å². The van der Waals surface area contributed by atoms with Gasteiger partial charge in [0.1, 0.15) is 10.8 Å². The molecule has 0 aliphatic heterocycles. The quantitative estimate of drug-likeness (QED) is 0.767. The predicted octanol–water partition coefficient (Wildman–Crippen LogP) is 4.72. The van der Waals surface area contributed by atoms with Crippen molar-refractivity contribution in [3.63, 3.8) is 0 Å². The van der Waals surface area contributed by atoms with Crippen LogP contribution in [0.2, 0.25) is 0 Å². The van der Waals surface area contributed by atoms with Gasteiger partial charge in [-0.05, 0) is 38.5 Å². The minimum absolute atomic E-state index is 0.154. The zero-order valence-corrected chi connectivity index (χ0v) is 15.1. The number of thiazole rings is 1. The zero-order chi connectivity index (χ0) is 15.3. The molecule has 0 atom stereocenters. The molecule has 0 aliphatic rings. The summed E-state index contributed by atoms with van der Waals surface area (Å²) in [6.45, 7) is 7.89. The van der Waals surface area contributed by atoms with Crippen LogP contribution in [0.25, 0.3) is 0 Å². The van der Waals surface area contributed by atoms with Crippen LogP contribution in [-0.2, 0) is 12.1 Å². The lowest BCUT2D eigenvalue weighted by atomic mass is 10.1. The summed E-state index contributed by atoms with van der Waals surface area (Å²) in [7, 11) is 0. The second-order valence-corrected chi connectivity index (χ2v) is 7.23. The molecule has 0 spiro atoms. The van der Waals surface area contributed by atoms with Gasteiger partial charge in [0.15, 0.2) is 0 Å². The molecule has 2 rings (SSSR count). The monoisotopic (exact) mass is 368 g/mol. The molecule has 1 aromatic heterocycles.